The highest BCUT2D eigenvalue weighted by Gasteiger charge is 2.08. The monoisotopic (exact) mass is 248 g/mol. The molecule has 0 radical (unpaired) electrons. The Kier molecular flexibility index (Phi) is 3.55. The first-order valence-corrected chi connectivity index (χ1v) is 5.83. The van der Waals surface area contributed by atoms with Gasteiger partial charge in [0.15, 0.2) is 11.6 Å². The van der Waals surface area contributed by atoms with Crippen LogP contribution in [0.1, 0.15) is 17.0 Å². The molecule has 0 atom stereocenters. The van der Waals surface area contributed by atoms with Crippen molar-refractivity contribution in [1.82, 2.24) is 4.68 Å². The quantitative estimate of drug-likeness (QED) is 0.900. The van der Waals surface area contributed by atoms with E-state index < -0.39 is 0 Å². The first-order chi connectivity index (χ1) is 8.63. The number of aromatic nitrogens is 1. The van der Waals surface area contributed by atoms with Crippen LogP contribution in [0.5, 0.6) is 5.75 Å². The topological polar surface area (TPSA) is 26.2 Å². The molecule has 96 valence electrons. The number of aryl methyl sites for hydroxylation is 2. The van der Waals surface area contributed by atoms with Crippen LogP contribution in [-0.4, -0.2) is 11.8 Å². The third kappa shape index (κ3) is 2.32. The molecule has 0 fully saturated rings. The Labute approximate surface area is 106 Å². The van der Waals surface area contributed by atoms with Crippen LogP contribution in [0.3, 0.4) is 0 Å². The lowest BCUT2D eigenvalue weighted by Crippen LogP contribution is -2.17. The highest BCUT2D eigenvalue weighted by Crippen LogP contribution is 2.20. The van der Waals surface area contributed by atoms with Crippen LogP contribution < -0.4 is 10.2 Å². The van der Waals surface area contributed by atoms with E-state index in [1.165, 1.54) is 7.11 Å². The standard InChI is InChI=1S/C14H17FN2O/c1-10-7-8-11(2)17(10)16-9-12-5-4-6-13(18-3)14(12)15/h4-8,16H,9H2,1-3H3. The van der Waals surface area contributed by atoms with Gasteiger partial charge in [-0.1, -0.05) is 12.1 Å². The number of methoxy groups -OCH3 is 1. The molecule has 1 aromatic heterocycles. The fraction of sp³-hybridized carbons (Fsp3) is 0.286. The predicted octanol–water partition coefficient (Wildman–Crippen LogP) is 3.00. The molecule has 1 heterocycles. The number of hydrogen-bond acceptors (Lipinski definition) is 2. The molecule has 0 unspecified atom stereocenters. The zero-order chi connectivity index (χ0) is 13.1. The largest absolute Gasteiger partial charge is 0.494 e. The summed E-state index contributed by atoms with van der Waals surface area (Å²) in [4.78, 5) is 0. The van der Waals surface area contributed by atoms with Crippen LogP contribution in [-0.2, 0) is 6.54 Å². The van der Waals surface area contributed by atoms with E-state index in [0.29, 0.717) is 12.1 Å². The van der Waals surface area contributed by atoms with Gasteiger partial charge in [-0.15, -0.1) is 0 Å². The molecule has 3 nitrogen and oxygen atoms in total. The van der Waals surface area contributed by atoms with Crippen LogP contribution in [0.25, 0.3) is 0 Å². The second-order valence-electron chi connectivity index (χ2n) is 4.22. The Balaban J connectivity index is 2.16. The van der Waals surface area contributed by atoms with Crippen LogP contribution in [0.15, 0.2) is 30.3 Å². The molecule has 0 aliphatic carbocycles. The Morgan fingerprint density at radius 1 is 1.17 bits per heavy atom. The van der Waals surface area contributed by atoms with E-state index in [-0.39, 0.29) is 11.6 Å². The summed E-state index contributed by atoms with van der Waals surface area (Å²) in [5.41, 5.74) is 5.96. The molecule has 0 saturated heterocycles. The number of hydrogen-bond donors (Lipinski definition) is 1. The Bertz CT molecular complexity index is 529. The fourth-order valence-electron chi connectivity index (χ4n) is 1.93. The molecule has 1 aromatic carbocycles. The number of rotatable bonds is 4. The molecule has 0 amide bonds. The third-order valence-corrected chi connectivity index (χ3v) is 2.96. The maximum atomic E-state index is 13.9. The minimum absolute atomic E-state index is 0.273. The summed E-state index contributed by atoms with van der Waals surface area (Å²) in [6.45, 7) is 4.42. The summed E-state index contributed by atoms with van der Waals surface area (Å²) >= 11 is 0. The Morgan fingerprint density at radius 3 is 2.44 bits per heavy atom. The molecule has 0 aliphatic heterocycles. The number of halogens is 1. The number of benzene rings is 1. The van der Waals surface area contributed by atoms with Gasteiger partial charge >= 0.3 is 0 Å². The molecular weight excluding hydrogens is 231 g/mol. The van der Waals surface area contributed by atoms with Gasteiger partial charge in [-0.05, 0) is 32.0 Å². The van der Waals surface area contributed by atoms with E-state index in [2.05, 4.69) is 5.43 Å². The van der Waals surface area contributed by atoms with E-state index in [1.807, 2.05) is 30.7 Å². The van der Waals surface area contributed by atoms with Gasteiger partial charge in [-0.25, -0.2) is 4.39 Å². The highest BCUT2D eigenvalue weighted by atomic mass is 19.1. The van der Waals surface area contributed by atoms with Crippen molar-refractivity contribution >= 4 is 0 Å². The molecular formula is C14H17FN2O. The number of nitrogens with zero attached hydrogens (tertiary/aromatic N) is 1. The van der Waals surface area contributed by atoms with Gasteiger partial charge in [0.2, 0.25) is 0 Å². The molecule has 2 aromatic rings. The Morgan fingerprint density at radius 2 is 1.83 bits per heavy atom. The van der Waals surface area contributed by atoms with Crippen molar-refractivity contribution in [2.75, 3.05) is 12.5 Å². The summed E-state index contributed by atoms with van der Waals surface area (Å²) in [6.07, 6.45) is 0. The fourth-order valence-corrected chi connectivity index (χ4v) is 1.93. The van der Waals surface area contributed by atoms with Crippen molar-refractivity contribution in [3.63, 3.8) is 0 Å². The van der Waals surface area contributed by atoms with Crippen LogP contribution in [0.2, 0.25) is 0 Å². The van der Waals surface area contributed by atoms with Gasteiger partial charge in [0.25, 0.3) is 0 Å². The van der Waals surface area contributed by atoms with Crippen molar-refractivity contribution < 1.29 is 9.13 Å². The van der Waals surface area contributed by atoms with Crippen molar-refractivity contribution in [2.24, 2.45) is 0 Å². The van der Waals surface area contributed by atoms with E-state index in [0.717, 1.165) is 11.4 Å². The maximum absolute atomic E-state index is 13.9. The van der Waals surface area contributed by atoms with E-state index in [1.54, 1.807) is 18.2 Å². The molecule has 4 heteroatoms. The summed E-state index contributed by atoms with van der Waals surface area (Å²) < 4.78 is 20.8. The van der Waals surface area contributed by atoms with Gasteiger partial charge in [-0.2, -0.15) is 0 Å². The summed E-state index contributed by atoms with van der Waals surface area (Å²) in [7, 11) is 1.47. The maximum Gasteiger partial charge on any atom is 0.170 e. The average Bonchev–Trinajstić information content (AvgIpc) is 2.68. The molecule has 2 rings (SSSR count). The van der Waals surface area contributed by atoms with Gasteiger partial charge < -0.3 is 10.2 Å². The second kappa shape index (κ2) is 5.12. The minimum atomic E-state index is -0.310. The van der Waals surface area contributed by atoms with Crippen molar-refractivity contribution in [2.45, 2.75) is 20.4 Å². The number of nitrogens with one attached hydrogen (secondary N) is 1. The molecule has 0 bridgehead atoms. The van der Waals surface area contributed by atoms with Crippen molar-refractivity contribution in [3.05, 3.63) is 53.1 Å². The van der Waals surface area contributed by atoms with Crippen LogP contribution in [0.4, 0.5) is 4.39 Å². The zero-order valence-electron chi connectivity index (χ0n) is 10.8. The lowest BCUT2D eigenvalue weighted by atomic mass is 10.2. The molecule has 0 aliphatic rings. The molecule has 18 heavy (non-hydrogen) atoms. The highest BCUT2D eigenvalue weighted by molar-refractivity contribution is 5.31. The van der Waals surface area contributed by atoms with Gasteiger partial charge in [0.1, 0.15) is 0 Å². The van der Waals surface area contributed by atoms with E-state index in [9.17, 15) is 4.39 Å². The third-order valence-electron chi connectivity index (χ3n) is 2.96. The SMILES string of the molecule is COc1cccc(CNn2c(C)ccc2C)c1F. The van der Waals surface area contributed by atoms with E-state index >= 15 is 0 Å². The van der Waals surface area contributed by atoms with Crippen LogP contribution >= 0.6 is 0 Å². The zero-order valence-corrected chi connectivity index (χ0v) is 10.8. The van der Waals surface area contributed by atoms with Gasteiger partial charge in [0, 0.05) is 17.0 Å². The van der Waals surface area contributed by atoms with Gasteiger partial charge in [-0.3, -0.25) is 4.68 Å². The van der Waals surface area contributed by atoms with Crippen molar-refractivity contribution in [3.8, 4) is 5.75 Å². The minimum Gasteiger partial charge on any atom is -0.494 e. The number of ether oxygens (including phenoxy) is 1. The summed E-state index contributed by atoms with van der Waals surface area (Å²) in [6, 6.07) is 9.19. The van der Waals surface area contributed by atoms with Crippen molar-refractivity contribution in [1.29, 1.82) is 0 Å². The average molecular weight is 248 g/mol. The summed E-state index contributed by atoms with van der Waals surface area (Å²) in [5, 5.41) is 0. The molecule has 1 N–H and O–H groups in total. The lowest BCUT2D eigenvalue weighted by Gasteiger charge is -2.14. The first-order valence-electron chi connectivity index (χ1n) is 5.83. The van der Waals surface area contributed by atoms with Crippen LogP contribution in [0, 0.1) is 19.7 Å². The van der Waals surface area contributed by atoms with Gasteiger partial charge in [0.05, 0.1) is 13.7 Å². The summed E-state index contributed by atoms with van der Waals surface area (Å²) in [5.74, 6) is -0.0368. The molecule has 0 spiro atoms. The normalized spacial score (nSPS) is 10.4. The Hall–Kier alpha value is -1.97. The van der Waals surface area contributed by atoms with E-state index in [4.69, 9.17) is 4.74 Å². The predicted molar refractivity (Wildman–Crippen MR) is 69.9 cm³/mol. The smallest absolute Gasteiger partial charge is 0.170 e. The molecule has 0 saturated carbocycles. The lowest BCUT2D eigenvalue weighted by molar-refractivity contribution is 0.384. The second-order valence-corrected chi connectivity index (χ2v) is 4.22. The first kappa shape index (κ1) is 12.5.